The summed E-state index contributed by atoms with van der Waals surface area (Å²) < 4.78 is 4.91. The molecule has 0 atom stereocenters. The van der Waals surface area contributed by atoms with Crippen molar-refractivity contribution < 1.29 is 19.6 Å². The molecule has 0 spiro atoms. The second-order valence-electron chi connectivity index (χ2n) is 3.98. The summed E-state index contributed by atoms with van der Waals surface area (Å²) in [6.45, 7) is 0. The summed E-state index contributed by atoms with van der Waals surface area (Å²) in [4.78, 5) is 25.4. The summed E-state index contributed by atoms with van der Waals surface area (Å²) in [5, 5.41) is 22.9. The lowest BCUT2D eigenvalue weighted by molar-refractivity contribution is -0.384. The molecule has 1 aromatic carbocycles. The second-order valence-corrected chi connectivity index (χ2v) is 3.98. The van der Waals surface area contributed by atoms with Crippen LogP contribution in [0.2, 0.25) is 0 Å². The predicted octanol–water partition coefficient (Wildman–Crippen LogP) is 2.44. The number of nitrogens with zero attached hydrogens (tertiary/aromatic N) is 2. The Balaban J connectivity index is 2.41. The van der Waals surface area contributed by atoms with Crippen LogP contribution in [0, 0.1) is 10.1 Å². The largest absolute Gasteiger partial charge is 0.481 e. The van der Waals surface area contributed by atoms with Gasteiger partial charge in [0.15, 0.2) is 0 Å². The fraction of sp³-hybridized carbons (Fsp3) is 0.0769. The van der Waals surface area contributed by atoms with E-state index in [0.717, 1.165) is 0 Å². The zero-order valence-corrected chi connectivity index (χ0v) is 10.9. The number of nitro groups is 1. The van der Waals surface area contributed by atoms with Gasteiger partial charge in [0.05, 0.1) is 23.9 Å². The van der Waals surface area contributed by atoms with Crippen molar-refractivity contribution in [1.29, 1.82) is 0 Å². The van der Waals surface area contributed by atoms with Crippen LogP contribution in [-0.2, 0) is 0 Å². The molecule has 0 fully saturated rings. The summed E-state index contributed by atoms with van der Waals surface area (Å²) in [6.07, 6.45) is 1.43. The molecule has 2 rings (SSSR count). The Hall–Kier alpha value is -3.16. The lowest BCUT2D eigenvalue weighted by Crippen LogP contribution is -2.05. The highest BCUT2D eigenvalue weighted by Gasteiger charge is 2.24. The van der Waals surface area contributed by atoms with Crippen LogP contribution in [-0.4, -0.2) is 28.1 Å². The molecular formula is C13H11N3O5. The maximum absolute atomic E-state index is 11.1. The molecule has 8 nitrogen and oxygen atoms in total. The quantitative estimate of drug-likeness (QED) is 0.641. The molecule has 0 saturated carbocycles. The number of ether oxygens (including phenoxy) is 1. The number of carboxylic acids is 1. The van der Waals surface area contributed by atoms with Crippen LogP contribution in [0.5, 0.6) is 5.88 Å². The van der Waals surface area contributed by atoms with E-state index in [-0.39, 0.29) is 11.3 Å². The Morgan fingerprint density at radius 2 is 2.14 bits per heavy atom. The van der Waals surface area contributed by atoms with Crippen molar-refractivity contribution in [2.45, 2.75) is 0 Å². The van der Waals surface area contributed by atoms with Crippen molar-refractivity contribution >= 4 is 23.0 Å². The number of aromatic carboxylic acids is 1. The first-order valence-corrected chi connectivity index (χ1v) is 5.80. The highest BCUT2D eigenvalue weighted by molar-refractivity contribution is 5.96. The molecule has 2 aromatic rings. The zero-order chi connectivity index (χ0) is 15.4. The third-order valence-corrected chi connectivity index (χ3v) is 2.67. The van der Waals surface area contributed by atoms with Gasteiger partial charge in [-0.25, -0.2) is 9.78 Å². The van der Waals surface area contributed by atoms with Gasteiger partial charge in [-0.1, -0.05) is 6.07 Å². The number of carbonyl (C=O) groups is 1. The van der Waals surface area contributed by atoms with Crippen molar-refractivity contribution in [3.05, 3.63) is 52.2 Å². The van der Waals surface area contributed by atoms with Gasteiger partial charge < -0.3 is 15.2 Å². The zero-order valence-electron chi connectivity index (χ0n) is 10.9. The van der Waals surface area contributed by atoms with Gasteiger partial charge in [0.2, 0.25) is 5.88 Å². The Labute approximate surface area is 119 Å². The van der Waals surface area contributed by atoms with Crippen molar-refractivity contribution in [1.82, 2.24) is 4.98 Å². The molecule has 21 heavy (non-hydrogen) atoms. The number of para-hydroxylation sites is 1. The third-order valence-electron chi connectivity index (χ3n) is 2.67. The molecule has 0 aliphatic carbocycles. The van der Waals surface area contributed by atoms with E-state index in [4.69, 9.17) is 9.84 Å². The van der Waals surface area contributed by atoms with E-state index in [1.54, 1.807) is 12.1 Å². The number of methoxy groups -OCH3 is 1. The fourth-order valence-corrected chi connectivity index (χ4v) is 1.74. The van der Waals surface area contributed by atoms with Gasteiger partial charge in [0, 0.05) is 6.07 Å². The van der Waals surface area contributed by atoms with Gasteiger partial charge in [-0.05, 0) is 18.2 Å². The molecule has 2 N–H and O–H groups in total. The number of hydrogen-bond acceptors (Lipinski definition) is 6. The maximum atomic E-state index is 11.1. The molecular weight excluding hydrogens is 278 g/mol. The van der Waals surface area contributed by atoms with Crippen LogP contribution >= 0.6 is 0 Å². The van der Waals surface area contributed by atoms with E-state index in [0.29, 0.717) is 11.6 Å². The minimum atomic E-state index is -1.36. The van der Waals surface area contributed by atoms with Crippen LogP contribution in [0.15, 0.2) is 36.5 Å². The monoisotopic (exact) mass is 289 g/mol. The number of anilines is 2. The Morgan fingerprint density at radius 1 is 1.38 bits per heavy atom. The maximum Gasteiger partial charge on any atom is 0.342 e. The summed E-state index contributed by atoms with van der Waals surface area (Å²) in [5.74, 6) is -0.965. The van der Waals surface area contributed by atoms with Gasteiger partial charge in [0.1, 0.15) is 11.3 Å². The van der Waals surface area contributed by atoms with Crippen molar-refractivity contribution in [2.75, 3.05) is 12.4 Å². The molecule has 0 amide bonds. The summed E-state index contributed by atoms with van der Waals surface area (Å²) in [5.41, 5.74) is -0.333. The average molecular weight is 289 g/mol. The first-order chi connectivity index (χ1) is 10.0. The topological polar surface area (TPSA) is 115 Å². The molecule has 0 saturated heterocycles. The van der Waals surface area contributed by atoms with E-state index in [1.807, 2.05) is 0 Å². The molecule has 0 unspecified atom stereocenters. The Kier molecular flexibility index (Phi) is 3.98. The first kappa shape index (κ1) is 14.3. The number of nitrogens with one attached hydrogen (secondary N) is 1. The average Bonchev–Trinajstić information content (AvgIpc) is 2.47. The molecule has 0 aliphatic heterocycles. The summed E-state index contributed by atoms with van der Waals surface area (Å²) in [6, 6.07) is 7.22. The van der Waals surface area contributed by atoms with Gasteiger partial charge in [0.25, 0.3) is 0 Å². The minimum absolute atomic E-state index is 0.0758. The third kappa shape index (κ3) is 3.06. The predicted molar refractivity (Wildman–Crippen MR) is 74.1 cm³/mol. The lowest BCUT2D eigenvalue weighted by Gasteiger charge is -2.08. The number of rotatable bonds is 5. The molecule has 108 valence electrons. The van der Waals surface area contributed by atoms with Crippen molar-refractivity contribution in [3.63, 3.8) is 0 Å². The number of carboxylic acid groups (broad SMARTS) is 1. The van der Waals surface area contributed by atoms with E-state index in [2.05, 4.69) is 10.3 Å². The normalized spacial score (nSPS) is 9.95. The number of pyridine rings is 1. The SMILES string of the molecule is COc1ccc(Nc2cccc(C(=O)O)c2[N+](=O)[O-])cn1. The van der Waals surface area contributed by atoms with E-state index < -0.39 is 16.6 Å². The van der Waals surface area contributed by atoms with Gasteiger partial charge in [-0.2, -0.15) is 0 Å². The first-order valence-electron chi connectivity index (χ1n) is 5.80. The standard InChI is InChI=1S/C13H11N3O5/c1-21-11-6-5-8(7-14-11)15-10-4-2-3-9(13(17)18)12(10)16(19)20/h2-7,15H,1H3,(H,17,18). The molecule has 1 aromatic heterocycles. The molecule has 0 bridgehead atoms. The smallest absolute Gasteiger partial charge is 0.342 e. The van der Waals surface area contributed by atoms with E-state index in [1.165, 1.54) is 31.5 Å². The number of aromatic nitrogens is 1. The van der Waals surface area contributed by atoms with Crippen LogP contribution in [0.1, 0.15) is 10.4 Å². The fourth-order valence-electron chi connectivity index (χ4n) is 1.74. The van der Waals surface area contributed by atoms with Crippen LogP contribution in [0.3, 0.4) is 0 Å². The van der Waals surface area contributed by atoms with Crippen molar-refractivity contribution in [3.8, 4) is 5.88 Å². The van der Waals surface area contributed by atoms with Crippen molar-refractivity contribution in [2.24, 2.45) is 0 Å². The van der Waals surface area contributed by atoms with Gasteiger partial charge in [-0.3, -0.25) is 10.1 Å². The number of nitro benzene ring substituents is 1. The Bertz CT molecular complexity index is 685. The number of hydrogen-bond donors (Lipinski definition) is 2. The number of benzene rings is 1. The Morgan fingerprint density at radius 3 is 2.67 bits per heavy atom. The molecule has 0 aliphatic rings. The summed E-state index contributed by atoms with van der Waals surface area (Å²) >= 11 is 0. The lowest BCUT2D eigenvalue weighted by atomic mass is 10.1. The minimum Gasteiger partial charge on any atom is -0.481 e. The van der Waals surface area contributed by atoms with E-state index in [9.17, 15) is 14.9 Å². The molecule has 0 radical (unpaired) electrons. The molecule has 8 heteroatoms. The highest BCUT2D eigenvalue weighted by Crippen LogP contribution is 2.31. The van der Waals surface area contributed by atoms with Crippen LogP contribution < -0.4 is 10.1 Å². The van der Waals surface area contributed by atoms with Crippen LogP contribution in [0.25, 0.3) is 0 Å². The second kappa shape index (κ2) is 5.87. The van der Waals surface area contributed by atoms with Gasteiger partial charge in [-0.15, -0.1) is 0 Å². The van der Waals surface area contributed by atoms with Crippen LogP contribution in [0.4, 0.5) is 17.1 Å². The van der Waals surface area contributed by atoms with Gasteiger partial charge >= 0.3 is 11.7 Å². The molecule has 1 heterocycles. The summed E-state index contributed by atoms with van der Waals surface area (Å²) in [7, 11) is 1.47. The van der Waals surface area contributed by atoms with E-state index >= 15 is 0 Å². The highest BCUT2D eigenvalue weighted by atomic mass is 16.6.